The van der Waals surface area contributed by atoms with Crippen LogP contribution in [-0.4, -0.2) is 41.1 Å². The van der Waals surface area contributed by atoms with E-state index in [1.807, 2.05) is 25.1 Å². The van der Waals surface area contributed by atoms with Gasteiger partial charge < -0.3 is 15.2 Å². The second kappa shape index (κ2) is 5.39. The first kappa shape index (κ1) is 13.9. The summed E-state index contributed by atoms with van der Waals surface area (Å²) in [5, 5.41) is 13.2. The third-order valence-electron chi connectivity index (χ3n) is 4.17. The molecule has 1 aromatic carbocycles. The van der Waals surface area contributed by atoms with Gasteiger partial charge in [-0.3, -0.25) is 4.79 Å². The van der Waals surface area contributed by atoms with Crippen molar-refractivity contribution in [3.05, 3.63) is 29.8 Å². The van der Waals surface area contributed by atoms with Crippen LogP contribution in [0.1, 0.15) is 18.9 Å². The first-order chi connectivity index (χ1) is 9.58. The molecule has 2 heterocycles. The minimum atomic E-state index is -0.925. The predicted octanol–water partition coefficient (Wildman–Crippen LogP) is 1.36. The molecule has 0 radical (unpaired) electrons. The van der Waals surface area contributed by atoms with Gasteiger partial charge >= 0.3 is 0 Å². The summed E-state index contributed by atoms with van der Waals surface area (Å²) < 4.78 is 5.37. The zero-order valence-electron chi connectivity index (χ0n) is 11.5. The molecular weight excluding hydrogens is 274 g/mol. The molecule has 2 aliphatic rings. The molecule has 1 amide bonds. The molecule has 0 aromatic heterocycles. The first-order valence-electron chi connectivity index (χ1n) is 6.95. The molecule has 1 saturated heterocycles. The molecular formula is C15H19NO3S. The Hall–Kier alpha value is -1.04. The van der Waals surface area contributed by atoms with Crippen LogP contribution in [0.25, 0.3) is 0 Å². The molecule has 3 atom stereocenters. The summed E-state index contributed by atoms with van der Waals surface area (Å²) in [4.78, 5) is 13.4. The van der Waals surface area contributed by atoms with Crippen molar-refractivity contribution in [2.45, 2.75) is 41.6 Å². The minimum absolute atomic E-state index is 0.00118. The predicted molar refractivity (Wildman–Crippen MR) is 77.8 cm³/mol. The van der Waals surface area contributed by atoms with Gasteiger partial charge in [0.15, 0.2) is 0 Å². The van der Waals surface area contributed by atoms with Crippen LogP contribution in [-0.2, 0) is 16.0 Å². The van der Waals surface area contributed by atoms with E-state index in [1.54, 1.807) is 11.8 Å². The highest BCUT2D eigenvalue weighted by Crippen LogP contribution is 2.36. The van der Waals surface area contributed by atoms with Crippen molar-refractivity contribution in [3.63, 3.8) is 0 Å². The van der Waals surface area contributed by atoms with E-state index in [-0.39, 0.29) is 23.8 Å². The smallest absolute Gasteiger partial charge is 0.233 e. The Kier molecular flexibility index (Phi) is 3.75. The number of carbonyl (C=O) groups excluding carboxylic acids is 1. The number of aliphatic hydroxyl groups is 1. The molecule has 2 aliphatic heterocycles. The summed E-state index contributed by atoms with van der Waals surface area (Å²) in [6, 6.07) is 8.11. The zero-order valence-corrected chi connectivity index (χ0v) is 12.3. The number of hydrogen-bond acceptors (Lipinski definition) is 4. The Balaban J connectivity index is 1.56. The summed E-state index contributed by atoms with van der Waals surface area (Å²) in [6.07, 6.45) is 1.11. The van der Waals surface area contributed by atoms with Crippen molar-refractivity contribution in [2.75, 3.05) is 13.2 Å². The number of thioether (sulfide) groups is 1. The van der Waals surface area contributed by atoms with Gasteiger partial charge in [-0.2, -0.15) is 0 Å². The second-order valence-corrected chi connectivity index (χ2v) is 6.75. The number of fused-ring (bicyclic) bond motifs is 1. The quantitative estimate of drug-likeness (QED) is 0.883. The lowest BCUT2D eigenvalue weighted by Gasteiger charge is -2.26. The van der Waals surface area contributed by atoms with Crippen molar-refractivity contribution < 1.29 is 14.6 Å². The van der Waals surface area contributed by atoms with Gasteiger partial charge in [-0.1, -0.05) is 18.2 Å². The number of benzene rings is 1. The van der Waals surface area contributed by atoms with Crippen molar-refractivity contribution in [2.24, 2.45) is 0 Å². The Morgan fingerprint density at radius 1 is 1.55 bits per heavy atom. The van der Waals surface area contributed by atoms with Crippen LogP contribution >= 0.6 is 11.8 Å². The topological polar surface area (TPSA) is 58.6 Å². The molecule has 0 saturated carbocycles. The van der Waals surface area contributed by atoms with E-state index in [0.717, 1.165) is 6.42 Å². The number of nitrogens with one attached hydrogen (secondary N) is 1. The normalized spacial score (nSPS) is 32.1. The fourth-order valence-corrected chi connectivity index (χ4v) is 3.90. The van der Waals surface area contributed by atoms with Gasteiger partial charge in [-0.25, -0.2) is 0 Å². The Bertz CT molecular complexity index is 497. The fourth-order valence-electron chi connectivity index (χ4n) is 2.69. The van der Waals surface area contributed by atoms with Crippen molar-refractivity contribution in [1.82, 2.24) is 5.32 Å². The van der Waals surface area contributed by atoms with Crippen LogP contribution in [0.15, 0.2) is 29.2 Å². The lowest BCUT2D eigenvalue weighted by molar-refractivity contribution is -0.122. The Labute approximate surface area is 122 Å². The van der Waals surface area contributed by atoms with Crippen LogP contribution in [0, 0.1) is 0 Å². The third-order valence-corrected chi connectivity index (χ3v) is 5.49. The molecule has 20 heavy (non-hydrogen) atoms. The summed E-state index contributed by atoms with van der Waals surface area (Å²) in [7, 11) is 0. The van der Waals surface area contributed by atoms with Gasteiger partial charge in [-0.15, -0.1) is 11.8 Å². The highest BCUT2D eigenvalue weighted by Gasteiger charge is 2.40. The van der Waals surface area contributed by atoms with Gasteiger partial charge in [0, 0.05) is 24.5 Å². The van der Waals surface area contributed by atoms with Crippen molar-refractivity contribution in [3.8, 4) is 0 Å². The molecule has 3 rings (SSSR count). The van der Waals surface area contributed by atoms with E-state index < -0.39 is 5.60 Å². The van der Waals surface area contributed by atoms with Gasteiger partial charge in [0.25, 0.3) is 0 Å². The highest BCUT2D eigenvalue weighted by molar-refractivity contribution is 8.01. The molecule has 4 nitrogen and oxygen atoms in total. The summed E-state index contributed by atoms with van der Waals surface area (Å²) in [6.45, 7) is 2.66. The van der Waals surface area contributed by atoms with Crippen LogP contribution < -0.4 is 5.32 Å². The Morgan fingerprint density at radius 3 is 3.05 bits per heavy atom. The lowest BCUT2D eigenvalue weighted by Crippen LogP contribution is -2.49. The van der Waals surface area contributed by atoms with Crippen LogP contribution in [0.5, 0.6) is 0 Å². The molecule has 0 bridgehead atoms. The summed E-state index contributed by atoms with van der Waals surface area (Å²) in [5.41, 5.74) is 0.306. The molecule has 3 unspecified atom stereocenters. The van der Waals surface area contributed by atoms with Crippen LogP contribution in [0.4, 0.5) is 0 Å². The molecule has 5 heteroatoms. The highest BCUT2D eigenvalue weighted by atomic mass is 32.2. The monoisotopic (exact) mass is 293 g/mol. The Morgan fingerprint density at radius 2 is 2.35 bits per heavy atom. The van der Waals surface area contributed by atoms with Crippen molar-refractivity contribution in [1.29, 1.82) is 0 Å². The fraction of sp³-hybridized carbons (Fsp3) is 0.533. The van der Waals surface area contributed by atoms with Crippen LogP contribution in [0.2, 0.25) is 0 Å². The molecule has 1 aromatic rings. The maximum atomic E-state index is 12.2. The third kappa shape index (κ3) is 2.57. The standard InChI is InChI=1S/C15H19NO3S/c1-10-15(18,6-7-19-10)9-16-14(17)13-8-11-4-2-3-5-12(11)20-13/h2-5,10,13,18H,6-9H2,1H3,(H,16,17). The van der Waals surface area contributed by atoms with Gasteiger partial charge in [0.2, 0.25) is 5.91 Å². The lowest BCUT2D eigenvalue weighted by atomic mass is 9.96. The van der Waals surface area contributed by atoms with Crippen molar-refractivity contribution >= 4 is 17.7 Å². The number of rotatable bonds is 3. The van der Waals surface area contributed by atoms with E-state index in [9.17, 15) is 9.90 Å². The second-order valence-electron chi connectivity index (χ2n) is 5.50. The van der Waals surface area contributed by atoms with E-state index in [2.05, 4.69) is 11.4 Å². The number of ether oxygens (including phenoxy) is 1. The zero-order chi connectivity index (χ0) is 14.2. The van der Waals surface area contributed by atoms with E-state index in [0.29, 0.717) is 13.0 Å². The average molecular weight is 293 g/mol. The summed E-state index contributed by atoms with van der Waals surface area (Å²) in [5.74, 6) is -0.00118. The van der Waals surface area contributed by atoms with Gasteiger partial charge in [0.05, 0.1) is 11.4 Å². The van der Waals surface area contributed by atoms with Gasteiger partial charge in [-0.05, 0) is 25.0 Å². The first-order valence-corrected chi connectivity index (χ1v) is 7.83. The molecule has 0 spiro atoms. The summed E-state index contributed by atoms with van der Waals surface area (Å²) >= 11 is 1.60. The molecule has 1 fully saturated rings. The molecule has 2 N–H and O–H groups in total. The minimum Gasteiger partial charge on any atom is -0.385 e. The van der Waals surface area contributed by atoms with Gasteiger partial charge in [0.1, 0.15) is 5.60 Å². The van der Waals surface area contributed by atoms with E-state index >= 15 is 0 Å². The van der Waals surface area contributed by atoms with Crippen LogP contribution in [0.3, 0.4) is 0 Å². The number of hydrogen-bond donors (Lipinski definition) is 2. The maximum Gasteiger partial charge on any atom is 0.233 e. The number of amides is 1. The SMILES string of the molecule is CC1OCCC1(O)CNC(=O)C1Cc2ccccc2S1. The average Bonchev–Trinajstić information content (AvgIpc) is 3.01. The molecule has 0 aliphatic carbocycles. The van der Waals surface area contributed by atoms with E-state index in [1.165, 1.54) is 10.5 Å². The molecule has 108 valence electrons. The largest absolute Gasteiger partial charge is 0.385 e. The number of carbonyl (C=O) groups is 1. The maximum absolute atomic E-state index is 12.2. The van der Waals surface area contributed by atoms with E-state index in [4.69, 9.17) is 4.74 Å².